The quantitative estimate of drug-likeness (QED) is 0.823. The van der Waals surface area contributed by atoms with E-state index in [1.54, 1.807) is 6.20 Å². The van der Waals surface area contributed by atoms with Gasteiger partial charge in [-0.2, -0.15) is 0 Å². The summed E-state index contributed by atoms with van der Waals surface area (Å²) in [5, 5.41) is 3.03. The average molecular weight is 202 g/mol. The predicted octanol–water partition coefficient (Wildman–Crippen LogP) is 1.68. The van der Waals surface area contributed by atoms with Crippen LogP contribution in [0.3, 0.4) is 0 Å². The number of hydrogen-bond acceptors (Lipinski definition) is 3. The van der Waals surface area contributed by atoms with Gasteiger partial charge in [0.2, 0.25) is 5.95 Å². The molecule has 2 aromatic rings. The standard InChI is InChI=1S/C11H14N4/c1-9-4-3-5-10(14-9)8-15-7-6-13-11(15)12-2/h3-7H,8H2,1-2H3,(H,12,13). The number of anilines is 1. The molecule has 0 saturated carbocycles. The lowest BCUT2D eigenvalue weighted by Crippen LogP contribution is -2.05. The second-order valence-electron chi connectivity index (χ2n) is 3.40. The molecule has 4 heteroatoms. The summed E-state index contributed by atoms with van der Waals surface area (Å²) < 4.78 is 2.03. The third-order valence-electron chi connectivity index (χ3n) is 2.22. The maximum absolute atomic E-state index is 4.45. The van der Waals surface area contributed by atoms with E-state index in [4.69, 9.17) is 0 Å². The van der Waals surface area contributed by atoms with Gasteiger partial charge < -0.3 is 9.88 Å². The van der Waals surface area contributed by atoms with Gasteiger partial charge in [-0.3, -0.25) is 4.98 Å². The zero-order valence-corrected chi connectivity index (χ0v) is 8.94. The molecule has 0 aliphatic rings. The zero-order valence-electron chi connectivity index (χ0n) is 8.94. The molecule has 2 aromatic heterocycles. The third kappa shape index (κ3) is 2.15. The molecule has 78 valence electrons. The first kappa shape index (κ1) is 9.71. The van der Waals surface area contributed by atoms with Crippen molar-refractivity contribution in [2.45, 2.75) is 13.5 Å². The van der Waals surface area contributed by atoms with Gasteiger partial charge in [0.05, 0.1) is 12.2 Å². The number of rotatable bonds is 3. The molecule has 2 heterocycles. The summed E-state index contributed by atoms with van der Waals surface area (Å²) in [5.74, 6) is 0.860. The Bertz CT molecular complexity index is 447. The van der Waals surface area contributed by atoms with Crippen molar-refractivity contribution >= 4 is 5.95 Å². The van der Waals surface area contributed by atoms with Crippen LogP contribution >= 0.6 is 0 Å². The van der Waals surface area contributed by atoms with Crippen LogP contribution in [0.1, 0.15) is 11.4 Å². The molecule has 0 fully saturated rings. The topological polar surface area (TPSA) is 42.7 Å². The average Bonchev–Trinajstić information content (AvgIpc) is 2.65. The molecule has 0 aromatic carbocycles. The first-order chi connectivity index (χ1) is 7.29. The van der Waals surface area contributed by atoms with Gasteiger partial charge in [-0.25, -0.2) is 4.98 Å². The van der Waals surface area contributed by atoms with E-state index in [0.29, 0.717) is 0 Å². The largest absolute Gasteiger partial charge is 0.359 e. The van der Waals surface area contributed by atoms with Crippen LogP contribution in [0.25, 0.3) is 0 Å². The van der Waals surface area contributed by atoms with Crippen molar-refractivity contribution in [2.75, 3.05) is 12.4 Å². The maximum atomic E-state index is 4.45. The SMILES string of the molecule is CNc1nccn1Cc1cccc(C)n1. The van der Waals surface area contributed by atoms with Crippen molar-refractivity contribution in [2.24, 2.45) is 0 Å². The molecule has 1 N–H and O–H groups in total. The smallest absolute Gasteiger partial charge is 0.202 e. The van der Waals surface area contributed by atoms with Crippen molar-refractivity contribution in [3.63, 3.8) is 0 Å². The Morgan fingerprint density at radius 2 is 2.27 bits per heavy atom. The van der Waals surface area contributed by atoms with Gasteiger partial charge in [0.15, 0.2) is 0 Å². The Balaban J connectivity index is 2.22. The summed E-state index contributed by atoms with van der Waals surface area (Å²) >= 11 is 0. The van der Waals surface area contributed by atoms with Gasteiger partial charge in [-0.1, -0.05) is 6.07 Å². The predicted molar refractivity (Wildman–Crippen MR) is 59.8 cm³/mol. The molecule has 0 atom stereocenters. The van der Waals surface area contributed by atoms with Crippen LogP contribution in [0.5, 0.6) is 0 Å². The minimum absolute atomic E-state index is 0.748. The van der Waals surface area contributed by atoms with Gasteiger partial charge in [-0.15, -0.1) is 0 Å². The van der Waals surface area contributed by atoms with Gasteiger partial charge in [0.25, 0.3) is 0 Å². The fourth-order valence-electron chi connectivity index (χ4n) is 1.53. The number of pyridine rings is 1. The zero-order chi connectivity index (χ0) is 10.7. The number of nitrogens with one attached hydrogen (secondary N) is 1. The summed E-state index contributed by atoms with van der Waals surface area (Å²) in [5.41, 5.74) is 2.09. The second-order valence-corrected chi connectivity index (χ2v) is 3.40. The van der Waals surface area contributed by atoms with Gasteiger partial charge in [-0.05, 0) is 19.1 Å². The highest BCUT2D eigenvalue weighted by Gasteiger charge is 2.01. The Morgan fingerprint density at radius 1 is 1.40 bits per heavy atom. The number of imidazole rings is 1. The maximum Gasteiger partial charge on any atom is 0.202 e. The van der Waals surface area contributed by atoms with E-state index >= 15 is 0 Å². The number of nitrogens with zero attached hydrogens (tertiary/aromatic N) is 3. The Kier molecular flexibility index (Phi) is 2.67. The molecule has 0 unspecified atom stereocenters. The number of aromatic nitrogens is 3. The van der Waals surface area contributed by atoms with Crippen molar-refractivity contribution < 1.29 is 0 Å². The first-order valence-corrected chi connectivity index (χ1v) is 4.91. The van der Waals surface area contributed by atoms with Crippen LogP contribution in [0.4, 0.5) is 5.95 Å². The van der Waals surface area contributed by atoms with Crippen LogP contribution < -0.4 is 5.32 Å². The van der Waals surface area contributed by atoms with E-state index in [1.807, 2.05) is 42.9 Å². The molecular formula is C11H14N4. The number of aryl methyl sites for hydroxylation is 1. The van der Waals surface area contributed by atoms with Crippen LogP contribution in [-0.2, 0) is 6.54 Å². The highest BCUT2D eigenvalue weighted by Crippen LogP contribution is 2.07. The van der Waals surface area contributed by atoms with E-state index in [9.17, 15) is 0 Å². The lowest BCUT2D eigenvalue weighted by molar-refractivity contribution is 0.776. The molecular weight excluding hydrogens is 188 g/mol. The highest BCUT2D eigenvalue weighted by molar-refractivity contribution is 5.25. The van der Waals surface area contributed by atoms with E-state index in [0.717, 1.165) is 23.9 Å². The fourth-order valence-corrected chi connectivity index (χ4v) is 1.53. The molecule has 0 aliphatic carbocycles. The monoisotopic (exact) mass is 202 g/mol. The van der Waals surface area contributed by atoms with Crippen molar-refractivity contribution in [1.29, 1.82) is 0 Å². The van der Waals surface area contributed by atoms with E-state index in [-0.39, 0.29) is 0 Å². The lowest BCUT2D eigenvalue weighted by Gasteiger charge is -2.06. The molecule has 2 rings (SSSR count). The summed E-state index contributed by atoms with van der Waals surface area (Å²) in [6.45, 7) is 2.74. The summed E-state index contributed by atoms with van der Waals surface area (Å²) in [7, 11) is 1.86. The highest BCUT2D eigenvalue weighted by atomic mass is 15.2. The van der Waals surface area contributed by atoms with Crippen LogP contribution in [0.15, 0.2) is 30.6 Å². The van der Waals surface area contributed by atoms with E-state index < -0.39 is 0 Å². The van der Waals surface area contributed by atoms with Gasteiger partial charge in [0, 0.05) is 25.1 Å². The van der Waals surface area contributed by atoms with Crippen LogP contribution in [-0.4, -0.2) is 21.6 Å². The molecule has 0 radical (unpaired) electrons. The molecule has 15 heavy (non-hydrogen) atoms. The Labute approximate surface area is 89.0 Å². The van der Waals surface area contributed by atoms with Crippen molar-refractivity contribution in [1.82, 2.24) is 14.5 Å². The number of hydrogen-bond donors (Lipinski definition) is 1. The Hall–Kier alpha value is -1.84. The molecule has 0 bridgehead atoms. The third-order valence-corrected chi connectivity index (χ3v) is 2.22. The van der Waals surface area contributed by atoms with Gasteiger partial charge >= 0.3 is 0 Å². The molecule has 0 amide bonds. The summed E-state index contributed by atoms with van der Waals surface area (Å²) in [4.78, 5) is 8.62. The molecule has 0 saturated heterocycles. The normalized spacial score (nSPS) is 10.3. The van der Waals surface area contributed by atoms with Crippen LogP contribution in [0, 0.1) is 6.92 Å². The second kappa shape index (κ2) is 4.13. The molecule has 0 aliphatic heterocycles. The minimum Gasteiger partial charge on any atom is -0.359 e. The van der Waals surface area contributed by atoms with Crippen molar-refractivity contribution in [3.8, 4) is 0 Å². The summed E-state index contributed by atoms with van der Waals surface area (Å²) in [6.07, 6.45) is 3.72. The van der Waals surface area contributed by atoms with E-state index in [1.165, 1.54) is 0 Å². The fraction of sp³-hybridized carbons (Fsp3) is 0.273. The Morgan fingerprint density at radius 3 is 3.00 bits per heavy atom. The summed E-state index contributed by atoms with van der Waals surface area (Å²) in [6, 6.07) is 6.04. The van der Waals surface area contributed by atoms with E-state index in [2.05, 4.69) is 15.3 Å². The molecule has 4 nitrogen and oxygen atoms in total. The first-order valence-electron chi connectivity index (χ1n) is 4.91. The minimum atomic E-state index is 0.748. The van der Waals surface area contributed by atoms with Gasteiger partial charge in [0.1, 0.15) is 0 Å². The van der Waals surface area contributed by atoms with Crippen molar-refractivity contribution in [3.05, 3.63) is 42.0 Å². The lowest BCUT2D eigenvalue weighted by atomic mass is 10.3. The van der Waals surface area contributed by atoms with Crippen LogP contribution in [0.2, 0.25) is 0 Å². The molecule has 0 spiro atoms.